The van der Waals surface area contributed by atoms with Gasteiger partial charge in [0, 0.05) is 10.9 Å². The molecule has 0 aliphatic heterocycles. The molecular weight excluding hydrogens is 490 g/mol. The van der Waals surface area contributed by atoms with Gasteiger partial charge < -0.3 is 4.74 Å². The average molecular weight is 511 g/mol. The van der Waals surface area contributed by atoms with Crippen molar-refractivity contribution in [2.75, 3.05) is 0 Å². The van der Waals surface area contributed by atoms with Crippen molar-refractivity contribution in [3.63, 3.8) is 0 Å². The van der Waals surface area contributed by atoms with E-state index >= 15 is 0 Å². The van der Waals surface area contributed by atoms with Gasteiger partial charge >= 0.3 is 0 Å². The van der Waals surface area contributed by atoms with Crippen LogP contribution in [0.1, 0.15) is 30.3 Å². The van der Waals surface area contributed by atoms with Crippen molar-refractivity contribution in [1.82, 2.24) is 9.66 Å². The molecule has 0 amide bonds. The molecular formula is C25H21BrClN3O2. The molecule has 4 aromatic rings. The number of benzene rings is 3. The van der Waals surface area contributed by atoms with Crippen molar-refractivity contribution in [3.05, 3.63) is 104 Å². The van der Waals surface area contributed by atoms with Crippen molar-refractivity contribution in [2.24, 2.45) is 5.10 Å². The number of hydrogen-bond acceptors (Lipinski definition) is 4. The normalized spacial score (nSPS) is 11.3. The summed E-state index contributed by atoms with van der Waals surface area (Å²) in [5.41, 5.74) is 2.28. The molecule has 32 heavy (non-hydrogen) atoms. The highest BCUT2D eigenvalue weighted by Gasteiger charge is 2.11. The lowest BCUT2D eigenvalue weighted by Gasteiger charge is -2.10. The van der Waals surface area contributed by atoms with Gasteiger partial charge in [0.05, 0.1) is 22.1 Å². The summed E-state index contributed by atoms with van der Waals surface area (Å²) in [7, 11) is 0. The first-order chi connectivity index (χ1) is 15.5. The second kappa shape index (κ2) is 10.1. The second-order valence-corrected chi connectivity index (χ2v) is 8.59. The lowest BCUT2D eigenvalue weighted by atomic mass is 10.2. The van der Waals surface area contributed by atoms with Crippen LogP contribution in [-0.2, 0) is 13.0 Å². The van der Waals surface area contributed by atoms with E-state index in [0.29, 0.717) is 40.5 Å². The molecule has 0 N–H and O–H groups in total. The Kier molecular flexibility index (Phi) is 7.02. The quantitative estimate of drug-likeness (QED) is 0.277. The molecule has 1 heterocycles. The lowest BCUT2D eigenvalue weighted by Crippen LogP contribution is -2.22. The van der Waals surface area contributed by atoms with E-state index in [9.17, 15) is 4.79 Å². The fraction of sp³-hybridized carbons (Fsp3) is 0.160. The third-order valence-corrected chi connectivity index (χ3v) is 5.65. The van der Waals surface area contributed by atoms with E-state index in [1.54, 1.807) is 24.4 Å². The molecule has 0 spiro atoms. The van der Waals surface area contributed by atoms with E-state index in [-0.39, 0.29) is 5.56 Å². The summed E-state index contributed by atoms with van der Waals surface area (Å²) >= 11 is 9.83. The molecule has 0 saturated heterocycles. The van der Waals surface area contributed by atoms with Crippen LogP contribution in [0.15, 0.2) is 81.1 Å². The Hall–Kier alpha value is -2.96. The van der Waals surface area contributed by atoms with Crippen molar-refractivity contribution in [1.29, 1.82) is 0 Å². The summed E-state index contributed by atoms with van der Waals surface area (Å²) in [6.45, 7) is 2.47. The Morgan fingerprint density at radius 3 is 2.69 bits per heavy atom. The Bertz CT molecular complexity index is 1340. The van der Waals surface area contributed by atoms with Gasteiger partial charge in [0.15, 0.2) is 0 Å². The molecule has 3 aromatic carbocycles. The van der Waals surface area contributed by atoms with Crippen LogP contribution < -0.4 is 10.3 Å². The smallest absolute Gasteiger partial charge is 0.282 e. The number of halogens is 2. The molecule has 5 nitrogen and oxygen atoms in total. The monoisotopic (exact) mass is 509 g/mol. The third kappa shape index (κ3) is 5.09. The predicted octanol–water partition coefficient (Wildman–Crippen LogP) is 6.23. The minimum atomic E-state index is -0.204. The van der Waals surface area contributed by atoms with Gasteiger partial charge in [-0.1, -0.05) is 64.8 Å². The molecule has 0 unspecified atom stereocenters. The van der Waals surface area contributed by atoms with Crippen LogP contribution in [0, 0.1) is 0 Å². The SMILES string of the molecule is CCCc1nc2ccc(Br)cc2c(=O)n1N=Cc1ccc(OCc2ccccc2)c(Cl)c1. The van der Waals surface area contributed by atoms with E-state index < -0.39 is 0 Å². The first kappa shape index (κ1) is 22.2. The zero-order valence-electron chi connectivity index (χ0n) is 17.5. The molecule has 4 rings (SSSR count). The van der Waals surface area contributed by atoms with Crippen LogP contribution in [0.2, 0.25) is 5.02 Å². The molecule has 0 fully saturated rings. The fourth-order valence-electron chi connectivity index (χ4n) is 3.27. The molecule has 1 aromatic heterocycles. The van der Waals surface area contributed by atoms with E-state index in [2.05, 4.69) is 26.0 Å². The highest BCUT2D eigenvalue weighted by Crippen LogP contribution is 2.26. The Labute approximate surface area is 199 Å². The summed E-state index contributed by atoms with van der Waals surface area (Å²) in [4.78, 5) is 17.7. The van der Waals surface area contributed by atoms with Crippen LogP contribution in [0.3, 0.4) is 0 Å². The van der Waals surface area contributed by atoms with E-state index in [4.69, 9.17) is 16.3 Å². The van der Waals surface area contributed by atoms with Gasteiger partial charge in [-0.3, -0.25) is 4.79 Å². The second-order valence-electron chi connectivity index (χ2n) is 7.27. The standard InChI is InChI=1S/C25H21BrClN3O2/c1-2-6-24-29-22-11-10-19(26)14-20(22)25(31)30(24)28-15-18-9-12-23(21(27)13-18)32-16-17-7-4-3-5-8-17/h3-5,7-15H,2,6,16H2,1H3. The summed E-state index contributed by atoms with van der Waals surface area (Å²) in [5.74, 6) is 1.21. The molecule has 7 heteroatoms. The number of fused-ring (bicyclic) bond motifs is 1. The topological polar surface area (TPSA) is 56.5 Å². The average Bonchev–Trinajstić information content (AvgIpc) is 2.80. The van der Waals surface area contributed by atoms with Gasteiger partial charge in [0.1, 0.15) is 18.2 Å². The number of nitrogens with zero attached hydrogens (tertiary/aromatic N) is 3. The summed E-state index contributed by atoms with van der Waals surface area (Å²) in [6.07, 6.45) is 3.10. The Morgan fingerprint density at radius 1 is 1.12 bits per heavy atom. The van der Waals surface area contributed by atoms with Gasteiger partial charge in [-0.15, -0.1) is 0 Å². The number of aromatic nitrogens is 2. The zero-order chi connectivity index (χ0) is 22.5. The van der Waals surface area contributed by atoms with E-state index in [1.165, 1.54) is 4.68 Å². The minimum absolute atomic E-state index is 0.204. The summed E-state index contributed by atoms with van der Waals surface area (Å²) < 4.78 is 8.01. The van der Waals surface area contributed by atoms with Gasteiger partial charge in [0.25, 0.3) is 5.56 Å². The predicted molar refractivity (Wildman–Crippen MR) is 133 cm³/mol. The third-order valence-electron chi connectivity index (χ3n) is 4.86. The van der Waals surface area contributed by atoms with Crippen LogP contribution in [0.25, 0.3) is 10.9 Å². The molecule has 0 radical (unpaired) electrons. The fourth-order valence-corrected chi connectivity index (χ4v) is 3.88. The Balaban J connectivity index is 1.61. The van der Waals surface area contributed by atoms with Crippen molar-refractivity contribution in [2.45, 2.75) is 26.4 Å². The van der Waals surface area contributed by atoms with Crippen LogP contribution in [0.4, 0.5) is 0 Å². The molecule has 0 aliphatic carbocycles. The maximum Gasteiger partial charge on any atom is 0.282 e. The van der Waals surface area contributed by atoms with Crippen molar-refractivity contribution in [3.8, 4) is 5.75 Å². The molecule has 0 saturated carbocycles. The first-order valence-corrected chi connectivity index (χ1v) is 11.4. The van der Waals surface area contributed by atoms with E-state index in [0.717, 1.165) is 22.0 Å². The number of aryl methyl sites for hydroxylation is 1. The number of hydrogen-bond donors (Lipinski definition) is 0. The van der Waals surface area contributed by atoms with Crippen LogP contribution in [0.5, 0.6) is 5.75 Å². The number of ether oxygens (including phenoxy) is 1. The first-order valence-electron chi connectivity index (χ1n) is 10.3. The highest BCUT2D eigenvalue weighted by molar-refractivity contribution is 9.10. The van der Waals surface area contributed by atoms with Crippen LogP contribution in [-0.4, -0.2) is 15.9 Å². The van der Waals surface area contributed by atoms with Crippen LogP contribution >= 0.6 is 27.5 Å². The van der Waals surface area contributed by atoms with Crippen molar-refractivity contribution < 1.29 is 4.74 Å². The maximum absolute atomic E-state index is 13.1. The molecule has 0 atom stereocenters. The highest BCUT2D eigenvalue weighted by atomic mass is 79.9. The molecule has 0 bridgehead atoms. The van der Waals surface area contributed by atoms with E-state index in [1.807, 2.05) is 55.5 Å². The Morgan fingerprint density at radius 2 is 1.94 bits per heavy atom. The summed E-state index contributed by atoms with van der Waals surface area (Å²) in [5, 5.41) is 5.43. The number of rotatable bonds is 7. The largest absolute Gasteiger partial charge is 0.487 e. The lowest BCUT2D eigenvalue weighted by molar-refractivity contribution is 0.306. The van der Waals surface area contributed by atoms with Gasteiger partial charge in [-0.25, -0.2) is 4.98 Å². The zero-order valence-corrected chi connectivity index (χ0v) is 19.8. The maximum atomic E-state index is 13.1. The van der Waals surface area contributed by atoms with Gasteiger partial charge in [-0.2, -0.15) is 9.78 Å². The van der Waals surface area contributed by atoms with Gasteiger partial charge in [0.2, 0.25) is 0 Å². The van der Waals surface area contributed by atoms with Gasteiger partial charge in [-0.05, 0) is 53.9 Å². The minimum Gasteiger partial charge on any atom is -0.487 e. The summed E-state index contributed by atoms with van der Waals surface area (Å²) in [6, 6.07) is 20.8. The van der Waals surface area contributed by atoms with Crippen molar-refractivity contribution >= 4 is 44.6 Å². The molecule has 0 aliphatic rings. The molecule has 162 valence electrons.